The lowest BCUT2D eigenvalue weighted by molar-refractivity contribution is -0.120. The number of amides is 1. The van der Waals surface area contributed by atoms with Crippen molar-refractivity contribution < 1.29 is 9.18 Å². The van der Waals surface area contributed by atoms with Crippen LogP contribution < -0.4 is 5.32 Å². The second-order valence-electron chi connectivity index (χ2n) is 2.96. The maximum atomic E-state index is 12.5. The van der Waals surface area contributed by atoms with Gasteiger partial charge in [-0.3, -0.25) is 4.79 Å². The third-order valence-corrected chi connectivity index (χ3v) is 2.16. The minimum atomic E-state index is -0.270. The molecule has 0 aliphatic carbocycles. The van der Waals surface area contributed by atoms with E-state index in [9.17, 15) is 9.18 Å². The summed E-state index contributed by atoms with van der Waals surface area (Å²) >= 11 is 3.15. The summed E-state index contributed by atoms with van der Waals surface area (Å²) < 4.78 is 12.5. The van der Waals surface area contributed by atoms with Crippen molar-refractivity contribution in [3.05, 3.63) is 35.6 Å². The molecule has 0 aliphatic heterocycles. The van der Waals surface area contributed by atoms with Crippen LogP contribution in [0.4, 0.5) is 4.39 Å². The molecule has 1 amide bonds. The van der Waals surface area contributed by atoms with Crippen molar-refractivity contribution in [2.45, 2.75) is 18.3 Å². The fourth-order valence-corrected chi connectivity index (χ4v) is 1.09. The molecule has 76 valence electrons. The predicted molar refractivity (Wildman–Crippen MR) is 56.6 cm³/mol. The van der Waals surface area contributed by atoms with Crippen molar-refractivity contribution in [3.63, 3.8) is 0 Å². The quantitative estimate of drug-likeness (QED) is 0.829. The van der Waals surface area contributed by atoms with E-state index in [1.165, 1.54) is 12.1 Å². The van der Waals surface area contributed by atoms with Crippen LogP contribution in [-0.4, -0.2) is 10.7 Å². The van der Waals surface area contributed by atoms with E-state index < -0.39 is 0 Å². The summed E-state index contributed by atoms with van der Waals surface area (Å²) in [6, 6.07) is 6.04. The third-order valence-electron chi connectivity index (χ3n) is 1.74. The third kappa shape index (κ3) is 3.46. The van der Waals surface area contributed by atoms with E-state index >= 15 is 0 Å². The SMILES string of the molecule is C[C@H](Br)C(=O)NCc1ccc(F)cc1. The molecule has 2 nitrogen and oxygen atoms in total. The molecule has 1 aromatic carbocycles. The fourth-order valence-electron chi connectivity index (χ4n) is 0.932. The molecule has 0 unspecified atom stereocenters. The monoisotopic (exact) mass is 259 g/mol. The van der Waals surface area contributed by atoms with E-state index in [4.69, 9.17) is 0 Å². The normalized spacial score (nSPS) is 12.2. The number of nitrogens with one attached hydrogen (secondary N) is 1. The molecule has 0 fully saturated rings. The first-order valence-electron chi connectivity index (χ1n) is 4.26. The number of alkyl halides is 1. The molecule has 14 heavy (non-hydrogen) atoms. The van der Waals surface area contributed by atoms with Crippen LogP contribution in [0, 0.1) is 5.82 Å². The van der Waals surface area contributed by atoms with Gasteiger partial charge < -0.3 is 5.32 Å². The van der Waals surface area contributed by atoms with E-state index in [1.807, 2.05) is 0 Å². The minimum Gasteiger partial charge on any atom is -0.351 e. The van der Waals surface area contributed by atoms with E-state index in [2.05, 4.69) is 21.2 Å². The standard InChI is InChI=1S/C10H11BrFNO/c1-7(11)10(14)13-6-8-2-4-9(12)5-3-8/h2-5,7H,6H2,1H3,(H,13,14)/t7-/m0/s1. The second kappa shape index (κ2) is 5.10. The fraction of sp³-hybridized carbons (Fsp3) is 0.300. The number of hydrogen-bond donors (Lipinski definition) is 1. The van der Waals surface area contributed by atoms with Crippen molar-refractivity contribution >= 4 is 21.8 Å². The first kappa shape index (κ1) is 11.2. The zero-order chi connectivity index (χ0) is 10.6. The summed E-state index contributed by atoms with van der Waals surface area (Å²) in [4.78, 5) is 10.9. The number of carbonyl (C=O) groups excluding carboxylic acids is 1. The molecule has 0 spiro atoms. The first-order valence-corrected chi connectivity index (χ1v) is 5.17. The molecule has 0 saturated carbocycles. The molecule has 0 aromatic heterocycles. The lowest BCUT2D eigenvalue weighted by atomic mass is 10.2. The van der Waals surface area contributed by atoms with Crippen LogP contribution in [0.1, 0.15) is 12.5 Å². The van der Waals surface area contributed by atoms with E-state index in [0.29, 0.717) is 6.54 Å². The van der Waals surface area contributed by atoms with E-state index in [-0.39, 0.29) is 16.6 Å². The molecule has 1 rings (SSSR count). The van der Waals surface area contributed by atoms with Crippen LogP contribution in [-0.2, 0) is 11.3 Å². The molecular weight excluding hydrogens is 249 g/mol. The zero-order valence-corrected chi connectivity index (χ0v) is 9.34. The van der Waals surface area contributed by atoms with Gasteiger partial charge in [0.1, 0.15) is 5.82 Å². The van der Waals surface area contributed by atoms with Gasteiger partial charge in [0.15, 0.2) is 0 Å². The van der Waals surface area contributed by atoms with Gasteiger partial charge in [0.05, 0.1) is 4.83 Å². The predicted octanol–water partition coefficient (Wildman–Crippen LogP) is 2.23. The van der Waals surface area contributed by atoms with Gasteiger partial charge in [-0.2, -0.15) is 0 Å². The topological polar surface area (TPSA) is 29.1 Å². The van der Waals surface area contributed by atoms with Gasteiger partial charge in [0, 0.05) is 6.54 Å². The number of carbonyl (C=O) groups is 1. The summed E-state index contributed by atoms with van der Waals surface area (Å²) in [5.41, 5.74) is 0.882. The lowest BCUT2D eigenvalue weighted by Gasteiger charge is -2.06. The van der Waals surface area contributed by atoms with Gasteiger partial charge in [0.2, 0.25) is 5.91 Å². The molecule has 0 bridgehead atoms. The Balaban J connectivity index is 2.46. The van der Waals surface area contributed by atoms with Gasteiger partial charge in [0.25, 0.3) is 0 Å². The van der Waals surface area contributed by atoms with Crippen LogP contribution >= 0.6 is 15.9 Å². The average molecular weight is 260 g/mol. The molecule has 0 radical (unpaired) electrons. The lowest BCUT2D eigenvalue weighted by Crippen LogP contribution is -2.28. The van der Waals surface area contributed by atoms with Crippen LogP contribution in [0.3, 0.4) is 0 Å². The number of hydrogen-bond acceptors (Lipinski definition) is 1. The Morgan fingerprint density at radius 1 is 1.50 bits per heavy atom. The van der Waals surface area contributed by atoms with Crippen molar-refractivity contribution in [3.8, 4) is 0 Å². The summed E-state index contributed by atoms with van der Waals surface area (Å²) in [7, 11) is 0. The molecule has 4 heteroatoms. The number of halogens is 2. The van der Waals surface area contributed by atoms with Crippen LogP contribution in [0.25, 0.3) is 0 Å². The maximum absolute atomic E-state index is 12.5. The van der Waals surface area contributed by atoms with Crippen LogP contribution in [0.2, 0.25) is 0 Å². The number of benzene rings is 1. The molecule has 1 N–H and O–H groups in total. The Morgan fingerprint density at radius 3 is 2.57 bits per heavy atom. The van der Waals surface area contributed by atoms with E-state index in [1.54, 1.807) is 19.1 Å². The molecule has 1 aromatic rings. The average Bonchev–Trinajstić information content (AvgIpc) is 2.16. The van der Waals surface area contributed by atoms with Gasteiger partial charge >= 0.3 is 0 Å². The molecular formula is C10H11BrFNO. The highest BCUT2D eigenvalue weighted by Crippen LogP contribution is 2.03. The van der Waals surface area contributed by atoms with Crippen molar-refractivity contribution in [1.29, 1.82) is 0 Å². The Bertz CT molecular complexity index is 310. The van der Waals surface area contributed by atoms with Gasteiger partial charge in [-0.1, -0.05) is 28.1 Å². The maximum Gasteiger partial charge on any atom is 0.233 e. The highest BCUT2D eigenvalue weighted by atomic mass is 79.9. The highest BCUT2D eigenvalue weighted by Gasteiger charge is 2.06. The smallest absolute Gasteiger partial charge is 0.233 e. The molecule has 0 aliphatic rings. The second-order valence-corrected chi connectivity index (χ2v) is 4.33. The molecule has 0 saturated heterocycles. The van der Waals surface area contributed by atoms with Gasteiger partial charge in [-0.05, 0) is 24.6 Å². The van der Waals surface area contributed by atoms with Crippen LogP contribution in [0.5, 0.6) is 0 Å². The summed E-state index contributed by atoms with van der Waals surface area (Å²) in [5.74, 6) is -0.344. The minimum absolute atomic E-state index is 0.0747. The first-order chi connectivity index (χ1) is 6.59. The molecule has 0 heterocycles. The largest absolute Gasteiger partial charge is 0.351 e. The summed E-state index contributed by atoms with van der Waals surface area (Å²) in [5, 5.41) is 2.71. The van der Waals surface area contributed by atoms with Gasteiger partial charge in [-0.15, -0.1) is 0 Å². The molecule has 1 atom stereocenters. The van der Waals surface area contributed by atoms with Gasteiger partial charge in [-0.25, -0.2) is 4.39 Å². The van der Waals surface area contributed by atoms with Crippen LogP contribution in [0.15, 0.2) is 24.3 Å². The zero-order valence-electron chi connectivity index (χ0n) is 7.76. The summed E-state index contributed by atoms with van der Waals surface area (Å²) in [6.45, 7) is 2.18. The Labute approximate surface area is 90.6 Å². The van der Waals surface area contributed by atoms with Crippen molar-refractivity contribution in [2.24, 2.45) is 0 Å². The summed E-state index contributed by atoms with van der Waals surface area (Å²) in [6.07, 6.45) is 0. The Hall–Kier alpha value is -0.900. The van der Waals surface area contributed by atoms with Crippen molar-refractivity contribution in [1.82, 2.24) is 5.32 Å². The van der Waals surface area contributed by atoms with Crippen molar-refractivity contribution in [2.75, 3.05) is 0 Å². The Morgan fingerprint density at radius 2 is 2.07 bits per heavy atom. The Kier molecular flexibility index (Phi) is 4.07. The highest BCUT2D eigenvalue weighted by molar-refractivity contribution is 9.10. The number of rotatable bonds is 3. The van der Waals surface area contributed by atoms with E-state index in [0.717, 1.165) is 5.56 Å².